The summed E-state index contributed by atoms with van der Waals surface area (Å²) in [4.78, 5) is 13.7. The van der Waals surface area contributed by atoms with E-state index in [1.165, 1.54) is 30.8 Å². The molecular formula is C20H21N3OS. The van der Waals surface area contributed by atoms with Crippen LogP contribution in [0.4, 0.5) is 4.79 Å². The molecule has 4 rings (SSSR count). The molecule has 128 valence electrons. The summed E-state index contributed by atoms with van der Waals surface area (Å²) in [5, 5.41) is 4.06. The van der Waals surface area contributed by atoms with Crippen molar-refractivity contribution in [1.29, 1.82) is 0 Å². The molecule has 2 heterocycles. The Morgan fingerprint density at radius 3 is 2.56 bits per heavy atom. The average molecular weight is 351 g/mol. The van der Waals surface area contributed by atoms with Crippen LogP contribution in [0.25, 0.3) is 10.9 Å². The van der Waals surface area contributed by atoms with Crippen molar-refractivity contribution in [2.45, 2.75) is 24.3 Å². The number of aromatic nitrogens is 1. The number of hydrogen-bond acceptors (Lipinski definition) is 3. The van der Waals surface area contributed by atoms with Gasteiger partial charge in [-0.25, -0.2) is 9.10 Å². The molecule has 0 aliphatic carbocycles. The summed E-state index contributed by atoms with van der Waals surface area (Å²) in [6.45, 7) is 2.88. The topological polar surface area (TPSA) is 37.3 Å². The molecule has 2 aromatic carbocycles. The Hall–Kier alpha value is -2.24. The Morgan fingerprint density at radius 1 is 1.00 bits per heavy atom. The highest BCUT2D eigenvalue weighted by molar-refractivity contribution is 7.97. The number of carbonyl (C=O) groups excluding carboxylic acids is 1. The van der Waals surface area contributed by atoms with E-state index in [9.17, 15) is 4.79 Å². The number of nitrogens with one attached hydrogen (secondary N) is 1. The zero-order valence-corrected chi connectivity index (χ0v) is 14.8. The molecular weight excluding hydrogens is 330 g/mol. The first kappa shape index (κ1) is 16.2. The summed E-state index contributed by atoms with van der Waals surface area (Å²) >= 11 is 1.83. The molecule has 0 radical (unpaired) electrons. The summed E-state index contributed by atoms with van der Waals surface area (Å²) in [7, 11) is 0. The lowest BCUT2D eigenvalue weighted by atomic mass is 10.2. The summed E-state index contributed by atoms with van der Waals surface area (Å²) < 4.78 is 4.07. The predicted octanol–water partition coefficient (Wildman–Crippen LogP) is 4.50. The largest absolute Gasteiger partial charge is 0.333 e. The maximum atomic E-state index is 12.4. The quantitative estimate of drug-likeness (QED) is 0.703. The van der Waals surface area contributed by atoms with E-state index in [4.69, 9.17) is 0 Å². The zero-order chi connectivity index (χ0) is 17.1. The highest BCUT2D eigenvalue weighted by Crippen LogP contribution is 2.26. The number of amides is 1. The molecule has 3 aromatic rings. The van der Waals surface area contributed by atoms with Crippen LogP contribution >= 0.6 is 11.9 Å². The Balaban J connectivity index is 1.36. The van der Waals surface area contributed by atoms with E-state index in [0.717, 1.165) is 16.5 Å². The van der Waals surface area contributed by atoms with Gasteiger partial charge in [0, 0.05) is 36.1 Å². The summed E-state index contributed by atoms with van der Waals surface area (Å²) in [5.74, 6) is 0. The molecule has 0 bridgehead atoms. The Labute approximate surface area is 152 Å². The van der Waals surface area contributed by atoms with Crippen molar-refractivity contribution in [1.82, 2.24) is 14.2 Å². The van der Waals surface area contributed by atoms with Gasteiger partial charge in [0.05, 0.1) is 5.52 Å². The fourth-order valence-electron chi connectivity index (χ4n) is 3.12. The second kappa shape index (κ2) is 7.33. The van der Waals surface area contributed by atoms with Crippen molar-refractivity contribution in [2.24, 2.45) is 0 Å². The molecule has 1 aliphatic heterocycles. The van der Waals surface area contributed by atoms with Crippen LogP contribution in [0.3, 0.4) is 0 Å². The molecule has 0 atom stereocenters. The van der Waals surface area contributed by atoms with Crippen LogP contribution in [-0.4, -0.2) is 28.0 Å². The molecule has 4 nitrogen and oxygen atoms in total. The molecule has 1 saturated heterocycles. The number of hydrogen-bond donors (Lipinski definition) is 1. The Kier molecular flexibility index (Phi) is 4.76. The maximum absolute atomic E-state index is 12.4. The Bertz CT molecular complexity index is 866. The first-order chi connectivity index (χ1) is 12.3. The van der Waals surface area contributed by atoms with Gasteiger partial charge in [0.1, 0.15) is 0 Å². The molecule has 1 aromatic heterocycles. The summed E-state index contributed by atoms with van der Waals surface area (Å²) in [6, 6.07) is 18.2. The van der Waals surface area contributed by atoms with Gasteiger partial charge in [0.15, 0.2) is 0 Å². The Morgan fingerprint density at radius 2 is 1.76 bits per heavy atom. The molecule has 5 heteroatoms. The van der Waals surface area contributed by atoms with Gasteiger partial charge in [-0.05, 0) is 54.6 Å². The summed E-state index contributed by atoms with van der Waals surface area (Å²) in [5.41, 5.74) is 2.04. The molecule has 1 aliphatic rings. The van der Waals surface area contributed by atoms with Crippen molar-refractivity contribution in [3.05, 3.63) is 66.4 Å². The highest BCUT2D eigenvalue weighted by Gasteiger charge is 2.12. The second-order valence-corrected chi connectivity index (χ2v) is 7.45. The third-order valence-corrected chi connectivity index (χ3v) is 5.59. The van der Waals surface area contributed by atoms with Crippen molar-refractivity contribution < 1.29 is 4.79 Å². The van der Waals surface area contributed by atoms with Crippen molar-refractivity contribution in [2.75, 3.05) is 13.1 Å². The number of fused-ring (bicyclic) bond motifs is 1. The monoisotopic (exact) mass is 351 g/mol. The number of carbonyl (C=O) groups is 1. The lowest BCUT2D eigenvalue weighted by Crippen LogP contribution is -2.27. The van der Waals surface area contributed by atoms with E-state index >= 15 is 0 Å². The second-order valence-electron chi connectivity index (χ2n) is 6.27. The number of rotatable bonds is 4. The van der Waals surface area contributed by atoms with E-state index in [1.807, 2.05) is 48.5 Å². The van der Waals surface area contributed by atoms with Crippen LogP contribution in [0.2, 0.25) is 0 Å². The number of nitrogens with zero attached hydrogens (tertiary/aromatic N) is 2. The zero-order valence-electron chi connectivity index (χ0n) is 14.0. The van der Waals surface area contributed by atoms with Gasteiger partial charge >= 0.3 is 6.03 Å². The molecule has 0 unspecified atom stereocenters. The fraction of sp³-hybridized carbons (Fsp3) is 0.250. The van der Waals surface area contributed by atoms with E-state index in [0.29, 0.717) is 6.54 Å². The van der Waals surface area contributed by atoms with Crippen molar-refractivity contribution in [3.8, 4) is 0 Å². The lowest BCUT2D eigenvalue weighted by molar-refractivity contribution is 0.243. The minimum absolute atomic E-state index is 0.100. The minimum Gasteiger partial charge on any atom is -0.333 e. The molecule has 0 spiro atoms. The van der Waals surface area contributed by atoms with Gasteiger partial charge in [-0.1, -0.05) is 30.3 Å². The van der Waals surface area contributed by atoms with Gasteiger partial charge in [-0.3, -0.25) is 4.57 Å². The number of benzene rings is 2. The van der Waals surface area contributed by atoms with E-state index in [1.54, 1.807) is 4.57 Å². The van der Waals surface area contributed by atoms with Gasteiger partial charge in [0.25, 0.3) is 0 Å². The summed E-state index contributed by atoms with van der Waals surface area (Å²) in [6.07, 6.45) is 4.41. The van der Waals surface area contributed by atoms with Gasteiger partial charge in [-0.2, -0.15) is 0 Å². The minimum atomic E-state index is -0.100. The molecule has 1 amide bonds. The van der Waals surface area contributed by atoms with E-state index in [2.05, 4.69) is 33.9 Å². The molecule has 1 N–H and O–H groups in total. The van der Waals surface area contributed by atoms with Crippen LogP contribution in [0, 0.1) is 0 Å². The van der Waals surface area contributed by atoms with Gasteiger partial charge in [-0.15, -0.1) is 0 Å². The van der Waals surface area contributed by atoms with Crippen molar-refractivity contribution in [3.63, 3.8) is 0 Å². The molecule has 25 heavy (non-hydrogen) atoms. The third kappa shape index (κ3) is 3.72. The van der Waals surface area contributed by atoms with Crippen molar-refractivity contribution >= 4 is 28.9 Å². The smallest absolute Gasteiger partial charge is 0.326 e. The van der Waals surface area contributed by atoms with E-state index < -0.39 is 0 Å². The van der Waals surface area contributed by atoms with Gasteiger partial charge < -0.3 is 5.32 Å². The lowest BCUT2D eigenvalue weighted by Gasteiger charge is -2.13. The molecule has 1 fully saturated rings. The van der Waals surface area contributed by atoms with Crippen LogP contribution in [0.15, 0.2) is 65.7 Å². The van der Waals surface area contributed by atoms with Crippen LogP contribution in [0.1, 0.15) is 18.4 Å². The van der Waals surface area contributed by atoms with Crippen LogP contribution in [0.5, 0.6) is 0 Å². The van der Waals surface area contributed by atoms with Crippen LogP contribution < -0.4 is 5.32 Å². The highest BCUT2D eigenvalue weighted by atomic mass is 32.2. The molecule has 0 saturated carbocycles. The van der Waals surface area contributed by atoms with Gasteiger partial charge in [0.2, 0.25) is 0 Å². The third-order valence-electron chi connectivity index (χ3n) is 4.48. The standard InChI is InChI=1S/C20H21N3OS/c24-20(23-14-11-17-5-1-2-6-19(17)23)21-15-16-7-9-18(10-8-16)25-22-12-3-4-13-22/h1-2,5-11,14H,3-4,12-13,15H2,(H,21,24). The predicted molar refractivity (Wildman–Crippen MR) is 103 cm³/mol. The number of para-hydroxylation sites is 1. The van der Waals surface area contributed by atoms with Crippen LogP contribution in [-0.2, 0) is 6.54 Å². The fourth-order valence-corrected chi connectivity index (χ4v) is 4.12. The maximum Gasteiger partial charge on any atom is 0.326 e. The SMILES string of the molecule is O=C(NCc1ccc(SN2CCCC2)cc1)n1ccc2ccccc21. The average Bonchev–Trinajstić information content (AvgIpc) is 3.30. The first-order valence-corrected chi connectivity index (χ1v) is 9.43. The van der Waals surface area contributed by atoms with E-state index in [-0.39, 0.29) is 6.03 Å². The first-order valence-electron chi connectivity index (χ1n) is 8.66. The normalized spacial score (nSPS) is 14.9.